The Morgan fingerprint density at radius 3 is 2.42 bits per heavy atom. The normalized spacial score (nSPS) is 23.3. The molecule has 1 unspecified atom stereocenters. The van der Waals surface area contributed by atoms with E-state index in [0.717, 1.165) is 32.4 Å². The summed E-state index contributed by atoms with van der Waals surface area (Å²) in [6.07, 6.45) is 7.02. The largest absolute Gasteiger partial charge is 0.466 e. The highest BCUT2D eigenvalue weighted by atomic mass is 16.6. The number of piperidine rings is 1. The van der Waals surface area contributed by atoms with E-state index in [1.54, 1.807) is 0 Å². The molecule has 5 heteroatoms. The third-order valence-corrected chi connectivity index (χ3v) is 5.34. The van der Waals surface area contributed by atoms with E-state index in [1.165, 1.54) is 19.3 Å². The highest BCUT2D eigenvalue weighted by molar-refractivity contribution is 5.69. The van der Waals surface area contributed by atoms with Crippen LogP contribution in [0.5, 0.6) is 0 Å². The van der Waals surface area contributed by atoms with Crippen molar-refractivity contribution in [3.8, 4) is 0 Å². The van der Waals surface area contributed by atoms with E-state index in [9.17, 15) is 9.59 Å². The second-order valence-corrected chi connectivity index (χ2v) is 8.42. The molecule has 1 aliphatic heterocycles. The number of nitrogens with zero attached hydrogens (tertiary/aromatic N) is 1. The lowest BCUT2D eigenvalue weighted by molar-refractivity contribution is -0.143. The maximum Gasteiger partial charge on any atom is 0.410 e. The van der Waals surface area contributed by atoms with Crippen LogP contribution in [0.4, 0.5) is 4.79 Å². The second kappa shape index (κ2) is 7.75. The fraction of sp³-hybridized carbons (Fsp3) is 0.895. The molecule has 1 saturated carbocycles. The zero-order chi connectivity index (χ0) is 17.8. The molecule has 1 spiro atoms. The number of hydrogen-bond donors (Lipinski definition) is 0. The van der Waals surface area contributed by atoms with Crippen molar-refractivity contribution in [1.29, 1.82) is 0 Å². The van der Waals surface area contributed by atoms with Gasteiger partial charge in [0.25, 0.3) is 0 Å². The van der Waals surface area contributed by atoms with Crippen LogP contribution >= 0.6 is 0 Å². The first kappa shape index (κ1) is 19.1. The van der Waals surface area contributed by atoms with Gasteiger partial charge >= 0.3 is 12.1 Å². The molecular formula is C19H33NO4. The molecule has 0 aromatic heterocycles. The molecule has 1 saturated heterocycles. The summed E-state index contributed by atoms with van der Waals surface area (Å²) in [7, 11) is 0. The number of rotatable bonds is 4. The molecule has 0 N–H and O–H groups in total. The maximum absolute atomic E-state index is 12.2. The molecule has 2 fully saturated rings. The van der Waals surface area contributed by atoms with E-state index >= 15 is 0 Å². The summed E-state index contributed by atoms with van der Waals surface area (Å²) < 4.78 is 10.5. The van der Waals surface area contributed by atoms with Gasteiger partial charge in [0.15, 0.2) is 0 Å². The van der Waals surface area contributed by atoms with Gasteiger partial charge in [0.1, 0.15) is 5.60 Å². The molecule has 138 valence electrons. The zero-order valence-electron chi connectivity index (χ0n) is 15.7. The number of amides is 1. The van der Waals surface area contributed by atoms with Crippen molar-refractivity contribution in [3.05, 3.63) is 0 Å². The molecule has 0 aromatic rings. The average Bonchev–Trinajstić information content (AvgIpc) is 2.87. The number of hydrogen-bond acceptors (Lipinski definition) is 4. The zero-order valence-corrected chi connectivity index (χ0v) is 15.7. The van der Waals surface area contributed by atoms with Crippen LogP contribution in [-0.2, 0) is 14.3 Å². The Bertz CT molecular complexity index is 447. The summed E-state index contributed by atoms with van der Waals surface area (Å²) in [5.41, 5.74) is -0.0599. The van der Waals surface area contributed by atoms with Gasteiger partial charge in [-0.3, -0.25) is 4.79 Å². The SMILES string of the molecule is CCOC(=O)CCC1CCC2(CCN(C(=O)OC(C)(C)C)CC2)C1. The van der Waals surface area contributed by atoms with Gasteiger partial charge in [-0.05, 0) is 77.6 Å². The second-order valence-electron chi connectivity index (χ2n) is 8.42. The molecular weight excluding hydrogens is 306 g/mol. The first-order chi connectivity index (χ1) is 11.2. The maximum atomic E-state index is 12.2. The first-order valence-electron chi connectivity index (χ1n) is 9.36. The van der Waals surface area contributed by atoms with Crippen LogP contribution in [0, 0.1) is 11.3 Å². The van der Waals surface area contributed by atoms with Crippen molar-refractivity contribution >= 4 is 12.1 Å². The molecule has 0 bridgehead atoms. The van der Waals surface area contributed by atoms with Gasteiger partial charge in [-0.2, -0.15) is 0 Å². The molecule has 2 aliphatic rings. The first-order valence-corrected chi connectivity index (χ1v) is 9.36. The van der Waals surface area contributed by atoms with E-state index < -0.39 is 5.60 Å². The number of esters is 1. The van der Waals surface area contributed by atoms with Gasteiger partial charge in [-0.25, -0.2) is 4.79 Å². The minimum absolute atomic E-state index is 0.0711. The monoisotopic (exact) mass is 339 g/mol. The minimum Gasteiger partial charge on any atom is -0.466 e. The van der Waals surface area contributed by atoms with Crippen LogP contribution in [0.1, 0.15) is 72.6 Å². The van der Waals surface area contributed by atoms with E-state index in [2.05, 4.69) is 0 Å². The summed E-state index contributed by atoms with van der Waals surface area (Å²) in [5.74, 6) is 0.556. The predicted molar refractivity (Wildman–Crippen MR) is 92.7 cm³/mol. The van der Waals surface area contributed by atoms with Crippen molar-refractivity contribution in [1.82, 2.24) is 4.90 Å². The number of carbonyl (C=O) groups excluding carboxylic acids is 2. The summed E-state index contributed by atoms with van der Waals surface area (Å²) >= 11 is 0. The molecule has 1 heterocycles. The predicted octanol–water partition coefficient (Wildman–Crippen LogP) is 4.15. The Morgan fingerprint density at radius 1 is 1.17 bits per heavy atom. The van der Waals surface area contributed by atoms with Crippen molar-refractivity contribution in [2.75, 3.05) is 19.7 Å². The van der Waals surface area contributed by atoms with Crippen molar-refractivity contribution < 1.29 is 19.1 Å². The standard InChI is InChI=1S/C19H33NO4/c1-5-23-16(21)7-6-15-8-9-19(14-15)10-12-20(13-11-19)17(22)24-18(2,3)4/h15H,5-14H2,1-4H3. The topological polar surface area (TPSA) is 55.8 Å². The quantitative estimate of drug-likeness (QED) is 0.722. The molecule has 0 radical (unpaired) electrons. The Morgan fingerprint density at radius 2 is 1.83 bits per heavy atom. The van der Waals surface area contributed by atoms with Gasteiger partial charge in [0.2, 0.25) is 0 Å². The Kier molecular flexibility index (Phi) is 6.16. The summed E-state index contributed by atoms with van der Waals surface area (Å²) in [6, 6.07) is 0. The van der Waals surface area contributed by atoms with Crippen LogP contribution in [0.3, 0.4) is 0 Å². The van der Waals surface area contributed by atoms with Gasteiger partial charge in [0, 0.05) is 19.5 Å². The molecule has 0 aromatic carbocycles. The lowest BCUT2D eigenvalue weighted by Crippen LogP contribution is -2.44. The molecule has 1 atom stereocenters. The minimum atomic E-state index is -0.433. The molecule has 1 aliphatic carbocycles. The van der Waals surface area contributed by atoms with Gasteiger partial charge in [-0.15, -0.1) is 0 Å². The highest BCUT2D eigenvalue weighted by Gasteiger charge is 2.42. The van der Waals surface area contributed by atoms with Crippen LogP contribution in [0.2, 0.25) is 0 Å². The van der Waals surface area contributed by atoms with E-state index in [0.29, 0.717) is 24.4 Å². The lowest BCUT2D eigenvalue weighted by atomic mass is 9.76. The van der Waals surface area contributed by atoms with Crippen LogP contribution in [0.25, 0.3) is 0 Å². The van der Waals surface area contributed by atoms with Gasteiger partial charge < -0.3 is 14.4 Å². The van der Waals surface area contributed by atoms with E-state index in [4.69, 9.17) is 9.47 Å². The highest BCUT2D eigenvalue weighted by Crippen LogP contribution is 2.50. The fourth-order valence-electron chi connectivity index (χ4n) is 4.07. The lowest BCUT2D eigenvalue weighted by Gasteiger charge is -2.40. The average molecular weight is 339 g/mol. The van der Waals surface area contributed by atoms with Crippen molar-refractivity contribution in [3.63, 3.8) is 0 Å². The van der Waals surface area contributed by atoms with Crippen LogP contribution in [-0.4, -0.2) is 42.3 Å². The summed E-state index contributed by atoms with van der Waals surface area (Å²) in [6.45, 7) is 9.61. The third kappa shape index (κ3) is 5.38. The summed E-state index contributed by atoms with van der Waals surface area (Å²) in [4.78, 5) is 25.5. The molecule has 24 heavy (non-hydrogen) atoms. The Hall–Kier alpha value is -1.26. The number of likely N-dealkylation sites (tertiary alicyclic amines) is 1. The Labute approximate surface area is 146 Å². The molecule has 1 amide bonds. The number of ether oxygens (including phenoxy) is 2. The van der Waals surface area contributed by atoms with Gasteiger partial charge in [0.05, 0.1) is 6.61 Å². The third-order valence-electron chi connectivity index (χ3n) is 5.34. The van der Waals surface area contributed by atoms with E-state index in [1.807, 2.05) is 32.6 Å². The van der Waals surface area contributed by atoms with Crippen LogP contribution in [0.15, 0.2) is 0 Å². The van der Waals surface area contributed by atoms with Crippen molar-refractivity contribution in [2.24, 2.45) is 11.3 Å². The smallest absolute Gasteiger partial charge is 0.410 e. The number of carbonyl (C=O) groups is 2. The van der Waals surface area contributed by atoms with Crippen LogP contribution < -0.4 is 0 Å². The molecule has 2 rings (SSSR count). The molecule has 5 nitrogen and oxygen atoms in total. The fourth-order valence-corrected chi connectivity index (χ4v) is 4.07. The summed E-state index contributed by atoms with van der Waals surface area (Å²) in [5, 5.41) is 0. The van der Waals surface area contributed by atoms with Crippen molar-refractivity contribution in [2.45, 2.75) is 78.2 Å². The Balaban J connectivity index is 1.75. The van der Waals surface area contributed by atoms with Gasteiger partial charge in [-0.1, -0.05) is 0 Å². The van der Waals surface area contributed by atoms with E-state index in [-0.39, 0.29) is 12.1 Å².